The normalized spacial score (nSPS) is 24.9. The van der Waals surface area contributed by atoms with E-state index in [-0.39, 0.29) is 22.4 Å². The Kier molecular flexibility index (Phi) is 3.94. The highest BCUT2D eigenvalue weighted by molar-refractivity contribution is 7.89. The number of amides is 1. The maximum absolute atomic E-state index is 12.6. The molecule has 0 spiro atoms. The SMILES string of the molecule is CC1CN(c2cc(S(N)(=O)=O)cc3c2N(C2(C)CC2)CNC3=O)CCN1. The summed E-state index contributed by atoms with van der Waals surface area (Å²) in [6.45, 7) is 7.00. The van der Waals surface area contributed by atoms with Crippen molar-refractivity contribution in [3.05, 3.63) is 17.7 Å². The third kappa shape index (κ3) is 2.93. The monoisotopic (exact) mass is 379 g/mol. The molecule has 0 bridgehead atoms. The Labute approximate surface area is 153 Å². The van der Waals surface area contributed by atoms with Gasteiger partial charge in [-0.05, 0) is 38.8 Å². The van der Waals surface area contributed by atoms with Crippen molar-refractivity contribution in [2.24, 2.45) is 5.14 Å². The molecule has 1 saturated heterocycles. The molecule has 4 N–H and O–H groups in total. The average Bonchev–Trinajstić information content (AvgIpc) is 3.32. The van der Waals surface area contributed by atoms with Crippen molar-refractivity contribution in [1.82, 2.24) is 10.6 Å². The number of sulfonamides is 1. The Morgan fingerprint density at radius 2 is 2.04 bits per heavy atom. The minimum Gasteiger partial charge on any atom is -0.367 e. The zero-order chi connectivity index (χ0) is 18.7. The van der Waals surface area contributed by atoms with Crippen LogP contribution in [0.2, 0.25) is 0 Å². The number of nitrogens with one attached hydrogen (secondary N) is 2. The van der Waals surface area contributed by atoms with E-state index in [2.05, 4.69) is 34.3 Å². The molecule has 1 saturated carbocycles. The number of nitrogens with zero attached hydrogens (tertiary/aromatic N) is 2. The zero-order valence-corrected chi connectivity index (χ0v) is 15.9. The molecule has 1 amide bonds. The fourth-order valence-corrected chi connectivity index (χ4v) is 4.40. The minimum atomic E-state index is -3.91. The Morgan fingerprint density at radius 3 is 2.65 bits per heavy atom. The molecule has 2 fully saturated rings. The molecule has 4 rings (SSSR count). The lowest BCUT2D eigenvalue weighted by Crippen LogP contribution is -2.52. The molecule has 0 radical (unpaired) electrons. The first-order valence-corrected chi connectivity index (χ1v) is 10.5. The van der Waals surface area contributed by atoms with Crippen molar-refractivity contribution in [3.63, 3.8) is 0 Å². The van der Waals surface area contributed by atoms with Crippen LogP contribution in [0.5, 0.6) is 0 Å². The zero-order valence-electron chi connectivity index (χ0n) is 15.1. The Morgan fingerprint density at radius 1 is 1.31 bits per heavy atom. The number of fused-ring (bicyclic) bond motifs is 1. The van der Waals surface area contributed by atoms with E-state index in [1.165, 1.54) is 6.07 Å². The number of hydrogen-bond donors (Lipinski definition) is 3. The fraction of sp³-hybridized carbons (Fsp3) is 0.588. The lowest BCUT2D eigenvalue weighted by atomic mass is 10.0. The molecular weight excluding hydrogens is 354 g/mol. The molecule has 1 unspecified atom stereocenters. The van der Waals surface area contributed by atoms with Crippen molar-refractivity contribution < 1.29 is 13.2 Å². The number of benzene rings is 1. The van der Waals surface area contributed by atoms with Crippen molar-refractivity contribution in [3.8, 4) is 0 Å². The van der Waals surface area contributed by atoms with Gasteiger partial charge in [0, 0.05) is 31.2 Å². The largest absolute Gasteiger partial charge is 0.367 e. The fourth-order valence-electron chi connectivity index (χ4n) is 3.84. The molecule has 2 aliphatic heterocycles. The van der Waals surface area contributed by atoms with E-state index in [1.54, 1.807) is 6.07 Å². The van der Waals surface area contributed by atoms with Crippen LogP contribution in [0.1, 0.15) is 37.0 Å². The van der Waals surface area contributed by atoms with E-state index >= 15 is 0 Å². The standard InChI is InChI=1S/C17H25N5O3S/c1-11-9-21(6-5-19-11)14-8-12(26(18,24)25)7-13-15(14)22(10-20-16(13)23)17(2)3-4-17/h7-8,11,19H,3-6,9-10H2,1-2H3,(H,20,23)(H2,18,24,25). The summed E-state index contributed by atoms with van der Waals surface area (Å²) < 4.78 is 24.0. The number of nitrogens with two attached hydrogens (primary N) is 1. The van der Waals surface area contributed by atoms with Crippen LogP contribution in [0.4, 0.5) is 11.4 Å². The number of carbonyl (C=O) groups is 1. The van der Waals surface area contributed by atoms with E-state index in [1.807, 2.05) is 0 Å². The van der Waals surface area contributed by atoms with Gasteiger partial charge in [-0.1, -0.05) is 0 Å². The second kappa shape index (κ2) is 5.83. The highest BCUT2D eigenvalue weighted by Crippen LogP contribution is 2.49. The maximum atomic E-state index is 12.6. The Bertz CT molecular complexity index is 865. The number of carbonyl (C=O) groups excluding carboxylic acids is 1. The van der Waals surface area contributed by atoms with Crippen LogP contribution in [0.3, 0.4) is 0 Å². The predicted octanol–water partition coefficient (Wildman–Crippen LogP) is 0.192. The molecule has 8 nitrogen and oxygen atoms in total. The molecule has 9 heteroatoms. The van der Waals surface area contributed by atoms with Crippen LogP contribution in [0.25, 0.3) is 0 Å². The van der Waals surface area contributed by atoms with Crippen molar-refractivity contribution in [2.45, 2.75) is 43.2 Å². The summed E-state index contributed by atoms with van der Waals surface area (Å²) in [4.78, 5) is 16.9. The molecular formula is C17H25N5O3S. The molecule has 1 aromatic rings. The number of primary sulfonamides is 1. The molecule has 3 aliphatic rings. The van der Waals surface area contributed by atoms with Gasteiger partial charge in [0.2, 0.25) is 10.0 Å². The van der Waals surface area contributed by atoms with Crippen LogP contribution < -0.4 is 25.6 Å². The summed E-state index contributed by atoms with van der Waals surface area (Å²) in [6, 6.07) is 3.32. The lowest BCUT2D eigenvalue weighted by Gasteiger charge is -2.42. The minimum absolute atomic E-state index is 0.0000405. The summed E-state index contributed by atoms with van der Waals surface area (Å²) in [5.74, 6) is -0.254. The van der Waals surface area contributed by atoms with Gasteiger partial charge in [-0.3, -0.25) is 4.79 Å². The van der Waals surface area contributed by atoms with Gasteiger partial charge in [-0.15, -0.1) is 0 Å². The van der Waals surface area contributed by atoms with Gasteiger partial charge in [-0.25, -0.2) is 13.6 Å². The molecule has 142 valence electrons. The van der Waals surface area contributed by atoms with Gasteiger partial charge >= 0.3 is 0 Å². The number of hydrogen-bond acceptors (Lipinski definition) is 6. The smallest absolute Gasteiger partial charge is 0.254 e. The summed E-state index contributed by atoms with van der Waals surface area (Å²) >= 11 is 0. The summed E-state index contributed by atoms with van der Waals surface area (Å²) in [7, 11) is -3.91. The Balaban J connectivity index is 1.92. The Hall–Kier alpha value is -1.84. The predicted molar refractivity (Wildman–Crippen MR) is 99.9 cm³/mol. The summed E-state index contributed by atoms with van der Waals surface area (Å²) in [6.07, 6.45) is 2.10. The molecule has 2 heterocycles. The van der Waals surface area contributed by atoms with E-state index in [0.29, 0.717) is 12.2 Å². The van der Waals surface area contributed by atoms with Crippen LogP contribution in [-0.4, -0.2) is 52.2 Å². The van der Waals surface area contributed by atoms with E-state index in [9.17, 15) is 13.2 Å². The first-order chi connectivity index (χ1) is 12.2. The molecule has 1 aromatic carbocycles. The third-order valence-corrected chi connectivity index (χ3v) is 6.53. The highest BCUT2D eigenvalue weighted by atomic mass is 32.2. The molecule has 0 aromatic heterocycles. The molecule has 26 heavy (non-hydrogen) atoms. The molecule has 1 atom stereocenters. The second-order valence-electron chi connectivity index (χ2n) is 7.77. The summed E-state index contributed by atoms with van der Waals surface area (Å²) in [5, 5.41) is 11.7. The topological polar surface area (TPSA) is 108 Å². The van der Waals surface area contributed by atoms with Crippen LogP contribution >= 0.6 is 0 Å². The van der Waals surface area contributed by atoms with Crippen molar-refractivity contribution >= 4 is 27.3 Å². The number of rotatable bonds is 3. The van der Waals surface area contributed by atoms with Gasteiger partial charge < -0.3 is 20.4 Å². The van der Waals surface area contributed by atoms with Gasteiger partial charge in [0.05, 0.1) is 28.5 Å². The number of piperazine rings is 1. The number of anilines is 2. The van der Waals surface area contributed by atoms with Gasteiger partial charge in [0.1, 0.15) is 0 Å². The van der Waals surface area contributed by atoms with E-state index in [4.69, 9.17) is 5.14 Å². The van der Waals surface area contributed by atoms with E-state index < -0.39 is 10.0 Å². The van der Waals surface area contributed by atoms with Gasteiger partial charge in [-0.2, -0.15) is 0 Å². The first kappa shape index (κ1) is 17.6. The quantitative estimate of drug-likeness (QED) is 0.692. The maximum Gasteiger partial charge on any atom is 0.254 e. The van der Waals surface area contributed by atoms with Gasteiger partial charge in [0.15, 0.2) is 0 Å². The van der Waals surface area contributed by atoms with Crippen molar-refractivity contribution in [1.29, 1.82) is 0 Å². The average molecular weight is 379 g/mol. The summed E-state index contributed by atoms with van der Waals surface area (Å²) in [5.41, 5.74) is 2.00. The first-order valence-electron chi connectivity index (χ1n) is 8.94. The van der Waals surface area contributed by atoms with E-state index in [0.717, 1.165) is 43.9 Å². The van der Waals surface area contributed by atoms with Crippen LogP contribution in [-0.2, 0) is 10.0 Å². The third-order valence-electron chi connectivity index (χ3n) is 5.64. The highest BCUT2D eigenvalue weighted by Gasteiger charge is 2.47. The molecule has 1 aliphatic carbocycles. The van der Waals surface area contributed by atoms with Crippen LogP contribution in [0, 0.1) is 0 Å². The lowest BCUT2D eigenvalue weighted by molar-refractivity contribution is 0.0946. The van der Waals surface area contributed by atoms with Gasteiger partial charge in [0.25, 0.3) is 5.91 Å². The second-order valence-corrected chi connectivity index (χ2v) is 9.34. The van der Waals surface area contributed by atoms with Crippen molar-refractivity contribution in [2.75, 3.05) is 36.1 Å². The van der Waals surface area contributed by atoms with Crippen LogP contribution in [0.15, 0.2) is 17.0 Å².